The first-order valence-electron chi connectivity index (χ1n) is 19.6. The zero-order valence-corrected chi connectivity index (χ0v) is 33.8. The van der Waals surface area contributed by atoms with Crippen molar-refractivity contribution in [2.75, 3.05) is 0 Å². The Labute approximate surface area is 317 Å². The van der Waals surface area contributed by atoms with Gasteiger partial charge >= 0.3 is 23.9 Å². The fourth-order valence-corrected chi connectivity index (χ4v) is 6.91. The van der Waals surface area contributed by atoms with Crippen LogP contribution < -0.4 is 0 Å². The van der Waals surface area contributed by atoms with Crippen LogP contribution in [0.5, 0.6) is 0 Å². The summed E-state index contributed by atoms with van der Waals surface area (Å²) in [5.41, 5.74) is 1.89. The van der Waals surface area contributed by atoms with Crippen molar-refractivity contribution in [2.24, 2.45) is 17.8 Å². The summed E-state index contributed by atoms with van der Waals surface area (Å²) in [4.78, 5) is 49.1. The maximum atomic E-state index is 13.6. The second-order valence-corrected chi connectivity index (χ2v) is 15.4. The average Bonchev–Trinajstić information content (AvgIpc) is 3.05. The van der Waals surface area contributed by atoms with Gasteiger partial charge in [-0.05, 0) is 78.1 Å². The molecule has 11 unspecified atom stereocenters. The smallest absolute Gasteiger partial charge is 0.311 e. The Bertz CT molecular complexity index is 1180. The zero-order chi connectivity index (χ0) is 40.2. The molecule has 1 aliphatic rings. The molecular weight excluding hydrogens is 684 g/mol. The van der Waals surface area contributed by atoms with E-state index in [1.807, 2.05) is 20.8 Å². The molecule has 12 heteroatoms. The van der Waals surface area contributed by atoms with Gasteiger partial charge in [-0.1, -0.05) is 50.5 Å². The quantitative estimate of drug-likeness (QED) is 0.115. The largest absolute Gasteiger partial charge is 0.462 e. The molecule has 1 rings (SSSR count). The van der Waals surface area contributed by atoms with Crippen molar-refractivity contribution in [3.8, 4) is 0 Å². The van der Waals surface area contributed by atoms with Gasteiger partial charge in [0.15, 0.2) is 0 Å². The normalized spacial score (nSPS) is 29.9. The van der Waals surface area contributed by atoms with Crippen molar-refractivity contribution < 1.29 is 58.6 Å². The Hall–Kier alpha value is -2.80. The van der Waals surface area contributed by atoms with E-state index < -0.39 is 78.4 Å². The molecule has 4 N–H and O–H groups in total. The summed E-state index contributed by atoms with van der Waals surface area (Å²) < 4.78 is 22.5. The van der Waals surface area contributed by atoms with Gasteiger partial charge < -0.3 is 39.4 Å². The van der Waals surface area contributed by atoms with Crippen LogP contribution >= 0.6 is 0 Å². The third-order valence-electron chi connectivity index (χ3n) is 10.1. The molecule has 0 aliphatic carbocycles. The lowest BCUT2D eigenvalue weighted by Gasteiger charge is -2.31. The van der Waals surface area contributed by atoms with Gasteiger partial charge in [0.25, 0.3) is 0 Å². The Morgan fingerprint density at radius 3 is 2.13 bits per heavy atom. The van der Waals surface area contributed by atoms with E-state index in [0.29, 0.717) is 57.8 Å². The van der Waals surface area contributed by atoms with Crippen molar-refractivity contribution >= 4 is 23.9 Å². The maximum absolute atomic E-state index is 13.6. The molecule has 11 atom stereocenters. The van der Waals surface area contributed by atoms with Gasteiger partial charge in [0, 0.05) is 52.4 Å². The number of rotatable bonds is 10. The van der Waals surface area contributed by atoms with Gasteiger partial charge in [-0.25, -0.2) is 0 Å². The molecule has 306 valence electrons. The number of hydrogen-bond acceptors (Lipinski definition) is 12. The Kier molecular flexibility index (Phi) is 23.0. The lowest BCUT2D eigenvalue weighted by atomic mass is 9.87. The Morgan fingerprint density at radius 2 is 1.53 bits per heavy atom. The minimum atomic E-state index is -1.12. The summed E-state index contributed by atoms with van der Waals surface area (Å²) in [7, 11) is 0. The summed E-state index contributed by atoms with van der Waals surface area (Å²) in [6, 6.07) is 0. The second-order valence-electron chi connectivity index (χ2n) is 15.4. The highest BCUT2D eigenvalue weighted by Gasteiger charge is 2.35. The first-order chi connectivity index (χ1) is 24.8. The molecule has 1 heterocycles. The summed E-state index contributed by atoms with van der Waals surface area (Å²) in [5, 5.41) is 44.5. The number of carbonyl (C=O) groups excluding carboxylic acids is 4. The molecule has 0 saturated heterocycles. The van der Waals surface area contributed by atoms with Crippen LogP contribution in [-0.2, 0) is 38.1 Å². The monoisotopic (exact) mass is 754 g/mol. The van der Waals surface area contributed by atoms with E-state index in [4.69, 9.17) is 18.9 Å². The molecule has 0 fully saturated rings. The highest BCUT2D eigenvalue weighted by atomic mass is 16.6. The molecule has 1 aliphatic heterocycles. The molecule has 12 nitrogen and oxygen atoms in total. The SMILES string of the molecule is CCCC(CC(C)=CC(O)C(C)C1CC(O)CCCC=C(C)CCC(O)CC(OC(C)=O)CC(OC(C)=O)CCC(C)C(O)C(C)C(=O)O1)OC(C)=O. The third kappa shape index (κ3) is 20.5. The lowest BCUT2D eigenvalue weighted by Crippen LogP contribution is -2.40. The van der Waals surface area contributed by atoms with Crippen LogP contribution in [0.4, 0.5) is 0 Å². The van der Waals surface area contributed by atoms with Gasteiger partial charge in [-0.3, -0.25) is 19.2 Å². The third-order valence-corrected chi connectivity index (χ3v) is 10.1. The highest BCUT2D eigenvalue weighted by molar-refractivity contribution is 5.73. The molecule has 0 radical (unpaired) electrons. The summed E-state index contributed by atoms with van der Waals surface area (Å²) in [6.45, 7) is 14.9. The summed E-state index contributed by atoms with van der Waals surface area (Å²) in [6.07, 6.45) is 3.38. The van der Waals surface area contributed by atoms with Crippen LogP contribution in [-0.4, -0.2) is 93.1 Å². The standard InChI is InChI=1S/C41H70O12/c1-10-13-35(50-30(7)42)20-26(3)21-38(47)28(5)39-23-33(45)15-12-11-14-25(2)16-18-34(46)22-37(52-32(9)44)24-36(51-31(8)43)19-17-27(4)40(48)29(6)41(49)53-39/h14,21,27-29,33-40,45-48H,10-13,15-20,22-24H2,1-9H3. The van der Waals surface area contributed by atoms with E-state index in [1.165, 1.54) is 20.8 Å². The van der Waals surface area contributed by atoms with E-state index in [9.17, 15) is 39.6 Å². The molecule has 0 saturated carbocycles. The number of aliphatic hydroxyl groups excluding tert-OH is 4. The van der Waals surface area contributed by atoms with Gasteiger partial charge in [-0.2, -0.15) is 0 Å². The average molecular weight is 755 g/mol. The fourth-order valence-electron chi connectivity index (χ4n) is 6.91. The van der Waals surface area contributed by atoms with E-state index in [1.54, 1.807) is 26.8 Å². The van der Waals surface area contributed by atoms with E-state index in [0.717, 1.165) is 17.6 Å². The number of esters is 4. The van der Waals surface area contributed by atoms with Crippen molar-refractivity contribution in [1.29, 1.82) is 0 Å². The fraction of sp³-hybridized carbons (Fsp3) is 0.805. The van der Waals surface area contributed by atoms with Crippen LogP contribution in [0.1, 0.15) is 146 Å². The summed E-state index contributed by atoms with van der Waals surface area (Å²) >= 11 is 0. The number of ether oxygens (including phenoxy) is 4. The molecule has 0 spiro atoms. The topological polar surface area (TPSA) is 186 Å². The first-order valence-corrected chi connectivity index (χ1v) is 19.6. The molecule has 0 bridgehead atoms. The van der Waals surface area contributed by atoms with E-state index in [2.05, 4.69) is 6.08 Å². The van der Waals surface area contributed by atoms with Gasteiger partial charge in [-0.15, -0.1) is 0 Å². The molecule has 0 amide bonds. The van der Waals surface area contributed by atoms with Crippen LogP contribution in [0, 0.1) is 17.8 Å². The molecule has 0 aromatic carbocycles. The van der Waals surface area contributed by atoms with Crippen molar-refractivity contribution in [3.63, 3.8) is 0 Å². The minimum Gasteiger partial charge on any atom is -0.462 e. The number of cyclic esters (lactones) is 1. The number of aliphatic hydroxyl groups is 4. The lowest BCUT2D eigenvalue weighted by molar-refractivity contribution is -0.164. The van der Waals surface area contributed by atoms with Crippen LogP contribution in [0.2, 0.25) is 0 Å². The highest BCUT2D eigenvalue weighted by Crippen LogP contribution is 2.28. The number of carbonyl (C=O) groups is 4. The molecule has 53 heavy (non-hydrogen) atoms. The zero-order valence-electron chi connectivity index (χ0n) is 33.8. The van der Waals surface area contributed by atoms with Gasteiger partial charge in [0.05, 0.1) is 30.3 Å². The Morgan fingerprint density at radius 1 is 0.906 bits per heavy atom. The molecular formula is C41H70O12. The maximum Gasteiger partial charge on any atom is 0.311 e. The second kappa shape index (κ2) is 25.3. The van der Waals surface area contributed by atoms with Crippen molar-refractivity contribution in [1.82, 2.24) is 0 Å². The first kappa shape index (κ1) is 48.2. The predicted octanol–water partition coefficient (Wildman–Crippen LogP) is 6.04. The van der Waals surface area contributed by atoms with Crippen molar-refractivity contribution in [3.05, 3.63) is 23.3 Å². The Balaban J connectivity index is 3.33. The van der Waals surface area contributed by atoms with Gasteiger partial charge in [0.1, 0.15) is 24.4 Å². The summed E-state index contributed by atoms with van der Waals surface area (Å²) in [5.74, 6) is -4.04. The van der Waals surface area contributed by atoms with Crippen molar-refractivity contribution in [2.45, 2.75) is 195 Å². The van der Waals surface area contributed by atoms with Crippen LogP contribution in [0.15, 0.2) is 23.3 Å². The van der Waals surface area contributed by atoms with E-state index >= 15 is 0 Å². The number of allylic oxidation sites excluding steroid dienone is 2. The minimum absolute atomic E-state index is 0.0869. The predicted molar refractivity (Wildman–Crippen MR) is 201 cm³/mol. The molecule has 0 aromatic rings. The molecule has 0 aromatic heterocycles. The van der Waals surface area contributed by atoms with Gasteiger partial charge in [0.2, 0.25) is 0 Å². The van der Waals surface area contributed by atoms with Crippen LogP contribution in [0.3, 0.4) is 0 Å². The van der Waals surface area contributed by atoms with E-state index in [-0.39, 0.29) is 31.3 Å². The van der Waals surface area contributed by atoms with Crippen LogP contribution in [0.25, 0.3) is 0 Å². The number of hydrogen-bond donors (Lipinski definition) is 4.